The lowest BCUT2D eigenvalue weighted by Gasteiger charge is -2.10. The molecule has 0 radical (unpaired) electrons. The van der Waals surface area contributed by atoms with Gasteiger partial charge in [0.15, 0.2) is 5.82 Å². The number of hydrogen-bond donors (Lipinski definition) is 1. The average molecular weight is 376 g/mol. The minimum absolute atomic E-state index is 0.276. The highest BCUT2D eigenvalue weighted by Crippen LogP contribution is 2.25. The molecule has 27 heavy (non-hydrogen) atoms. The van der Waals surface area contributed by atoms with E-state index in [1.807, 2.05) is 12.1 Å². The Labute approximate surface area is 153 Å². The molecule has 6 nitrogen and oxygen atoms in total. The average Bonchev–Trinajstić information content (AvgIpc) is 2.62. The fourth-order valence-electron chi connectivity index (χ4n) is 2.28. The molecule has 0 aliphatic rings. The van der Waals surface area contributed by atoms with Gasteiger partial charge in [-0.25, -0.2) is 4.98 Å². The normalized spacial score (nSPS) is 11.1. The Bertz CT molecular complexity index is 913. The second kappa shape index (κ2) is 7.48. The number of benzene rings is 2. The predicted octanol–water partition coefficient (Wildman–Crippen LogP) is 4.50. The van der Waals surface area contributed by atoms with Gasteiger partial charge in [0.05, 0.1) is 7.11 Å². The summed E-state index contributed by atoms with van der Waals surface area (Å²) in [5.74, 6) is 1.64. The van der Waals surface area contributed by atoms with Gasteiger partial charge in [-0.2, -0.15) is 9.97 Å². The third-order valence-electron chi connectivity index (χ3n) is 3.44. The van der Waals surface area contributed by atoms with Crippen LogP contribution in [-0.4, -0.2) is 28.4 Å². The smallest absolute Gasteiger partial charge is 0.497 e. The SMILES string of the molecule is COc1ccc(-c2nc(C)nc(Nc3ccc(OC(F)(F)F)cc3)n2)cc1. The van der Waals surface area contributed by atoms with Crippen molar-refractivity contribution in [3.8, 4) is 22.9 Å². The van der Waals surface area contributed by atoms with E-state index in [1.54, 1.807) is 26.2 Å². The summed E-state index contributed by atoms with van der Waals surface area (Å²) in [6.07, 6.45) is -4.73. The van der Waals surface area contributed by atoms with Gasteiger partial charge in [0.2, 0.25) is 5.95 Å². The molecular formula is C18H15F3N4O2. The minimum Gasteiger partial charge on any atom is -0.497 e. The Hall–Kier alpha value is -3.36. The van der Waals surface area contributed by atoms with Gasteiger partial charge in [-0.15, -0.1) is 13.2 Å². The molecule has 1 N–H and O–H groups in total. The standard InChI is InChI=1S/C18H15F3N4O2/c1-11-22-16(12-3-7-14(26-2)8-4-12)25-17(23-11)24-13-5-9-15(10-6-13)27-18(19,20)21/h3-10H,1-2H3,(H,22,23,24,25). The summed E-state index contributed by atoms with van der Waals surface area (Å²) in [5.41, 5.74) is 1.29. The number of aryl methyl sites for hydroxylation is 1. The number of aromatic nitrogens is 3. The largest absolute Gasteiger partial charge is 0.573 e. The zero-order chi connectivity index (χ0) is 19.4. The number of rotatable bonds is 5. The fourth-order valence-corrected chi connectivity index (χ4v) is 2.28. The lowest BCUT2D eigenvalue weighted by Crippen LogP contribution is -2.17. The molecule has 1 heterocycles. The zero-order valence-corrected chi connectivity index (χ0v) is 14.4. The topological polar surface area (TPSA) is 69.2 Å². The van der Waals surface area contributed by atoms with Crippen molar-refractivity contribution in [2.24, 2.45) is 0 Å². The van der Waals surface area contributed by atoms with Gasteiger partial charge >= 0.3 is 6.36 Å². The molecule has 2 aromatic carbocycles. The molecule has 0 saturated carbocycles. The first-order chi connectivity index (χ1) is 12.8. The predicted molar refractivity (Wildman–Crippen MR) is 93.0 cm³/mol. The first-order valence-electron chi connectivity index (χ1n) is 7.82. The highest BCUT2D eigenvalue weighted by Gasteiger charge is 2.30. The minimum atomic E-state index is -4.73. The molecule has 0 aliphatic carbocycles. The van der Waals surface area contributed by atoms with Crippen LogP contribution in [0, 0.1) is 6.92 Å². The van der Waals surface area contributed by atoms with Gasteiger partial charge in [0, 0.05) is 11.3 Å². The van der Waals surface area contributed by atoms with Crippen LogP contribution in [0.2, 0.25) is 0 Å². The van der Waals surface area contributed by atoms with E-state index in [1.165, 1.54) is 24.3 Å². The monoisotopic (exact) mass is 376 g/mol. The Morgan fingerprint density at radius 1 is 0.852 bits per heavy atom. The van der Waals surface area contributed by atoms with Crippen LogP contribution in [0.5, 0.6) is 11.5 Å². The number of halogens is 3. The molecular weight excluding hydrogens is 361 g/mol. The molecule has 0 saturated heterocycles. The molecule has 3 rings (SSSR count). The Kier molecular flexibility index (Phi) is 5.11. The first kappa shape index (κ1) is 18.4. The second-order valence-corrected chi connectivity index (χ2v) is 5.46. The molecule has 0 amide bonds. The van der Waals surface area contributed by atoms with Crippen LogP contribution in [0.25, 0.3) is 11.4 Å². The molecule has 0 atom stereocenters. The van der Waals surface area contributed by atoms with E-state index in [9.17, 15) is 13.2 Å². The molecule has 140 valence electrons. The quantitative estimate of drug-likeness (QED) is 0.707. The lowest BCUT2D eigenvalue weighted by atomic mass is 10.2. The Balaban J connectivity index is 1.79. The van der Waals surface area contributed by atoms with Crippen LogP contribution in [0.3, 0.4) is 0 Å². The molecule has 0 bridgehead atoms. The third kappa shape index (κ3) is 5.06. The molecule has 3 aromatic rings. The molecule has 0 aliphatic heterocycles. The highest BCUT2D eigenvalue weighted by atomic mass is 19.4. The van der Waals surface area contributed by atoms with Gasteiger partial charge < -0.3 is 14.8 Å². The number of nitrogens with one attached hydrogen (secondary N) is 1. The maximum absolute atomic E-state index is 12.2. The summed E-state index contributed by atoms with van der Waals surface area (Å²) in [6.45, 7) is 1.72. The van der Waals surface area contributed by atoms with Crippen LogP contribution in [0.4, 0.5) is 24.8 Å². The van der Waals surface area contributed by atoms with E-state index in [0.717, 1.165) is 5.56 Å². The van der Waals surface area contributed by atoms with E-state index in [4.69, 9.17) is 4.74 Å². The van der Waals surface area contributed by atoms with Crippen molar-refractivity contribution in [1.82, 2.24) is 15.0 Å². The summed E-state index contributed by atoms with van der Waals surface area (Å²) in [6, 6.07) is 12.5. The second-order valence-electron chi connectivity index (χ2n) is 5.46. The van der Waals surface area contributed by atoms with Crippen LogP contribution < -0.4 is 14.8 Å². The zero-order valence-electron chi connectivity index (χ0n) is 14.4. The van der Waals surface area contributed by atoms with Gasteiger partial charge in [-0.3, -0.25) is 0 Å². The van der Waals surface area contributed by atoms with Crippen LogP contribution in [0.1, 0.15) is 5.82 Å². The van der Waals surface area contributed by atoms with E-state index >= 15 is 0 Å². The summed E-state index contributed by atoms with van der Waals surface area (Å²) in [7, 11) is 1.58. The van der Waals surface area contributed by atoms with Crippen molar-refractivity contribution in [2.75, 3.05) is 12.4 Å². The molecule has 0 unspecified atom stereocenters. The number of alkyl halides is 3. The Morgan fingerprint density at radius 2 is 1.48 bits per heavy atom. The Morgan fingerprint density at radius 3 is 2.07 bits per heavy atom. The van der Waals surface area contributed by atoms with Gasteiger partial charge in [0.25, 0.3) is 0 Å². The maximum atomic E-state index is 12.2. The molecule has 1 aromatic heterocycles. The molecule has 0 fully saturated rings. The van der Waals surface area contributed by atoms with E-state index in [2.05, 4.69) is 25.0 Å². The third-order valence-corrected chi connectivity index (χ3v) is 3.44. The molecule has 9 heteroatoms. The number of methoxy groups -OCH3 is 1. The van der Waals surface area contributed by atoms with Gasteiger partial charge in [-0.1, -0.05) is 0 Å². The summed E-state index contributed by atoms with van der Waals surface area (Å²) in [5, 5.41) is 2.94. The van der Waals surface area contributed by atoms with Crippen molar-refractivity contribution in [3.63, 3.8) is 0 Å². The van der Waals surface area contributed by atoms with Crippen molar-refractivity contribution >= 4 is 11.6 Å². The maximum Gasteiger partial charge on any atom is 0.573 e. The van der Waals surface area contributed by atoms with E-state index in [-0.39, 0.29) is 11.7 Å². The number of ether oxygens (including phenoxy) is 2. The first-order valence-corrected chi connectivity index (χ1v) is 7.82. The van der Waals surface area contributed by atoms with Crippen molar-refractivity contribution in [1.29, 1.82) is 0 Å². The van der Waals surface area contributed by atoms with Crippen molar-refractivity contribution in [2.45, 2.75) is 13.3 Å². The van der Waals surface area contributed by atoms with Crippen molar-refractivity contribution in [3.05, 3.63) is 54.4 Å². The fraction of sp³-hybridized carbons (Fsp3) is 0.167. The van der Waals surface area contributed by atoms with Crippen molar-refractivity contribution < 1.29 is 22.6 Å². The van der Waals surface area contributed by atoms with Gasteiger partial charge in [0.1, 0.15) is 17.3 Å². The van der Waals surface area contributed by atoms with E-state index < -0.39 is 6.36 Å². The summed E-state index contributed by atoms with van der Waals surface area (Å²) in [4.78, 5) is 12.9. The van der Waals surface area contributed by atoms with Gasteiger partial charge in [-0.05, 0) is 55.5 Å². The lowest BCUT2D eigenvalue weighted by molar-refractivity contribution is -0.274. The summed E-state index contributed by atoms with van der Waals surface area (Å²) < 4.78 is 45.6. The van der Waals surface area contributed by atoms with Crippen LogP contribution in [-0.2, 0) is 0 Å². The molecule has 0 spiro atoms. The number of anilines is 2. The number of hydrogen-bond acceptors (Lipinski definition) is 6. The van der Waals surface area contributed by atoms with E-state index in [0.29, 0.717) is 23.1 Å². The van der Waals surface area contributed by atoms with Crippen LogP contribution >= 0.6 is 0 Å². The summed E-state index contributed by atoms with van der Waals surface area (Å²) >= 11 is 0. The van der Waals surface area contributed by atoms with Crippen LogP contribution in [0.15, 0.2) is 48.5 Å². The number of nitrogens with zero attached hydrogens (tertiary/aromatic N) is 3. The highest BCUT2D eigenvalue weighted by molar-refractivity contribution is 5.60.